The van der Waals surface area contributed by atoms with E-state index in [9.17, 15) is 12.8 Å². The van der Waals surface area contributed by atoms with Gasteiger partial charge in [-0.25, -0.2) is 12.8 Å². The van der Waals surface area contributed by atoms with E-state index in [1.165, 1.54) is 6.07 Å². The van der Waals surface area contributed by atoms with Gasteiger partial charge in [0.2, 0.25) is 0 Å². The van der Waals surface area contributed by atoms with Crippen LogP contribution < -0.4 is 10.2 Å². The maximum atomic E-state index is 13.6. The third-order valence-corrected chi connectivity index (χ3v) is 5.71. The fourth-order valence-corrected chi connectivity index (χ4v) is 4.64. The zero-order valence-electron chi connectivity index (χ0n) is 10.2. The Labute approximate surface area is 116 Å². The number of benzene rings is 1. The highest BCUT2D eigenvalue weighted by molar-refractivity contribution is 7.91. The monoisotopic (exact) mass is 304 g/mol. The fraction of sp³-hybridized carbons (Fsp3) is 0.500. The van der Waals surface area contributed by atoms with Crippen molar-refractivity contribution in [1.82, 2.24) is 0 Å². The van der Waals surface area contributed by atoms with E-state index in [2.05, 4.69) is 5.32 Å². The number of anilines is 2. The Morgan fingerprint density at radius 1 is 1.42 bits per heavy atom. The van der Waals surface area contributed by atoms with E-state index < -0.39 is 15.7 Å². The van der Waals surface area contributed by atoms with Gasteiger partial charge >= 0.3 is 0 Å². The van der Waals surface area contributed by atoms with E-state index >= 15 is 0 Å². The number of hydrogen-bond donors (Lipinski definition) is 1. The van der Waals surface area contributed by atoms with Gasteiger partial charge in [-0.05, 0) is 12.5 Å². The van der Waals surface area contributed by atoms with Crippen molar-refractivity contribution in [2.45, 2.75) is 12.5 Å². The summed E-state index contributed by atoms with van der Waals surface area (Å²) in [4.78, 5) is 1.98. The molecule has 1 aromatic rings. The second-order valence-electron chi connectivity index (χ2n) is 4.96. The molecule has 1 aromatic carbocycles. The second-order valence-corrected chi connectivity index (χ2v) is 7.60. The van der Waals surface area contributed by atoms with Gasteiger partial charge in [-0.2, -0.15) is 0 Å². The van der Waals surface area contributed by atoms with Crippen LogP contribution in [-0.2, 0) is 9.84 Å². The van der Waals surface area contributed by atoms with Crippen molar-refractivity contribution >= 4 is 32.8 Å². The molecule has 7 heteroatoms. The minimum absolute atomic E-state index is 0.0635. The first-order chi connectivity index (χ1) is 8.96. The summed E-state index contributed by atoms with van der Waals surface area (Å²) in [6.07, 6.45) is 0.603. The van der Waals surface area contributed by atoms with Gasteiger partial charge in [0.15, 0.2) is 9.84 Å². The third-order valence-electron chi connectivity index (χ3n) is 3.67. The molecule has 4 nitrogen and oxygen atoms in total. The Morgan fingerprint density at radius 2 is 2.21 bits per heavy atom. The van der Waals surface area contributed by atoms with Crippen LogP contribution in [0, 0.1) is 5.82 Å². The van der Waals surface area contributed by atoms with Crippen LogP contribution in [0.3, 0.4) is 0 Å². The molecule has 0 radical (unpaired) electrons. The summed E-state index contributed by atoms with van der Waals surface area (Å²) in [5.41, 5.74) is 1.47. The summed E-state index contributed by atoms with van der Waals surface area (Å²) in [5.74, 6) is -0.112. The number of sulfone groups is 1. The molecule has 2 heterocycles. The van der Waals surface area contributed by atoms with Crippen molar-refractivity contribution < 1.29 is 12.8 Å². The van der Waals surface area contributed by atoms with E-state index in [1.54, 1.807) is 6.07 Å². The molecule has 0 saturated carbocycles. The smallest absolute Gasteiger partial charge is 0.152 e. The molecular formula is C12H14ClFN2O2S. The molecule has 0 aliphatic carbocycles. The lowest BCUT2D eigenvalue weighted by molar-refractivity contribution is 0.598. The van der Waals surface area contributed by atoms with Crippen LogP contribution >= 0.6 is 11.6 Å². The summed E-state index contributed by atoms with van der Waals surface area (Å²) < 4.78 is 36.8. The standard InChI is InChI=1S/C12H14ClFN2O2S/c13-9-5-11-12(6-10(9)14)16(3-2-15-11)8-1-4-19(17,18)7-8/h5-6,8,15H,1-4,7H2. The topological polar surface area (TPSA) is 49.4 Å². The zero-order valence-corrected chi connectivity index (χ0v) is 11.8. The average molecular weight is 305 g/mol. The molecule has 1 unspecified atom stereocenters. The van der Waals surface area contributed by atoms with Gasteiger partial charge in [-0.3, -0.25) is 0 Å². The Morgan fingerprint density at radius 3 is 2.89 bits per heavy atom. The van der Waals surface area contributed by atoms with Crippen molar-refractivity contribution in [3.05, 3.63) is 23.0 Å². The molecule has 2 aliphatic rings. The van der Waals surface area contributed by atoms with Gasteiger partial charge in [-0.15, -0.1) is 0 Å². The van der Waals surface area contributed by atoms with Crippen LogP contribution in [0.25, 0.3) is 0 Å². The van der Waals surface area contributed by atoms with Crippen molar-refractivity contribution in [3.63, 3.8) is 0 Å². The highest BCUT2D eigenvalue weighted by atomic mass is 35.5. The number of fused-ring (bicyclic) bond motifs is 1. The molecular weight excluding hydrogens is 291 g/mol. The SMILES string of the molecule is O=S1(=O)CCC(N2CCNc3cc(Cl)c(F)cc32)C1. The Balaban J connectivity index is 1.97. The molecule has 1 saturated heterocycles. The molecule has 0 spiro atoms. The van der Waals surface area contributed by atoms with Gasteiger partial charge in [0.25, 0.3) is 0 Å². The Kier molecular flexibility index (Phi) is 3.09. The second kappa shape index (κ2) is 4.52. The molecule has 0 amide bonds. The quantitative estimate of drug-likeness (QED) is 0.861. The first-order valence-corrected chi connectivity index (χ1v) is 8.36. The molecule has 1 fully saturated rings. The van der Waals surface area contributed by atoms with E-state index in [0.717, 1.165) is 5.69 Å². The lowest BCUT2D eigenvalue weighted by atomic mass is 10.1. The van der Waals surface area contributed by atoms with E-state index in [1.807, 2.05) is 4.90 Å². The molecule has 1 atom stereocenters. The van der Waals surface area contributed by atoms with Crippen molar-refractivity contribution in [2.24, 2.45) is 0 Å². The normalized spacial score (nSPS) is 24.9. The van der Waals surface area contributed by atoms with Gasteiger partial charge in [0, 0.05) is 25.2 Å². The number of rotatable bonds is 1. The molecule has 0 aromatic heterocycles. The van der Waals surface area contributed by atoms with Gasteiger partial charge in [0.1, 0.15) is 5.82 Å². The Hall–Kier alpha value is -1.01. The van der Waals surface area contributed by atoms with Crippen LogP contribution in [-0.4, -0.2) is 39.1 Å². The highest BCUT2D eigenvalue weighted by Crippen LogP contribution is 2.36. The van der Waals surface area contributed by atoms with Crippen LogP contribution in [0.15, 0.2) is 12.1 Å². The maximum Gasteiger partial charge on any atom is 0.152 e. The van der Waals surface area contributed by atoms with Crippen LogP contribution in [0.2, 0.25) is 5.02 Å². The predicted molar refractivity (Wildman–Crippen MR) is 74.3 cm³/mol. The average Bonchev–Trinajstić information content (AvgIpc) is 2.70. The van der Waals surface area contributed by atoms with Crippen molar-refractivity contribution in [2.75, 3.05) is 34.8 Å². The number of nitrogens with one attached hydrogen (secondary N) is 1. The van der Waals surface area contributed by atoms with Crippen LogP contribution in [0.4, 0.5) is 15.8 Å². The molecule has 3 rings (SSSR count). The number of halogens is 2. The minimum Gasteiger partial charge on any atom is -0.382 e. The molecule has 19 heavy (non-hydrogen) atoms. The van der Waals surface area contributed by atoms with Crippen LogP contribution in [0.1, 0.15) is 6.42 Å². The summed E-state index contributed by atoms with van der Waals surface area (Å²) in [6.45, 7) is 1.37. The third kappa shape index (κ3) is 2.39. The van der Waals surface area contributed by atoms with E-state index in [0.29, 0.717) is 25.2 Å². The van der Waals surface area contributed by atoms with E-state index in [4.69, 9.17) is 11.6 Å². The predicted octanol–water partition coefficient (Wildman–Crippen LogP) is 1.90. The fourth-order valence-electron chi connectivity index (χ4n) is 2.75. The van der Waals surface area contributed by atoms with E-state index in [-0.39, 0.29) is 22.6 Å². The molecule has 2 aliphatic heterocycles. The number of nitrogens with zero attached hydrogens (tertiary/aromatic N) is 1. The minimum atomic E-state index is -2.95. The van der Waals surface area contributed by atoms with Gasteiger partial charge in [-0.1, -0.05) is 11.6 Å². The van der Waals surface area contributed by atoms with Crippen molar-refractivity contribution in [1.29, 1.82) is 0 Å². The van der Waals surface area contributed by atoms with Crippen LogP contribution in [0.5, 0.6) is 0 Å². The largest absolute Gasteiger partial charge is 0.382 e. The van der Waals surface area contributed by atoms with Gasteiger partial charge in [0.05, 0.1) is 27.9 Å². The lowest BCUT2D eigenvalue weighted by Crippen LogP contribution is -2.42. The first-order valence-electron chi connectivity index (χ1n) is 6.16. The summed E-state index contributed by atoms with van der Waals surface area (Å²) in [7, 11) is -2.95. The maximum absolute atomic E-state index is 13.6. The molecule has 0 bridgehead atoms. The lowest BCUT2D eigenvalue weighted by Gasteiger charge is -2.36. The Bertz CT molecular complexity index is 620. The highest BCUT2D eigenvalue weighted by Gasteiger charge is 2.34. The van der Waals surface area contributed by atoms with Gasteiger partial charge < -0.3 is 10.2 Å². The number of hydrogen-bond acceptors (Lipinski definition) is 4. The summed E-state index contributed by atoms with van der Waals surface area (Å²) >= 11 is 5.77. The first kappa shape index (κ1) is 13.0. The molecule has 1 N–H and O–H groups in total. The summed E-state index contributed by atoms with van der Waals surface area (Å²) in [5, 5.41) is 3.24. The summed E-state index contributed by atoms with van der Waals surface area (Å²) in [6, 6.07) is 2.88. The zero-order chi connectivity index (χ0) is 13.6. The van der Waals surface area contributed by atoms with Crippen molar-refractivity contribution in [3.8, 4) is 0 Å². The molecule has 104 valence electrons.